The molecule has 2 aromatic carbocycles. The fourth-order valence-corrected chi connectivity index (χ4v) is 2.88. The summed E-state index contributed by atoms with van der Waals surface area (Å²) in [6, 6.07) is 11.3. The van der Waals surface area contributed by atoms with Crippen LogP contribution in [0.15, 0.2) is 47.8 Å². The number of hydrogen-bond acceptors (Lipinski definition) is 3. The van der Waals surface area contributed by atoms with Crippen LogP contribution in [0.4, 0.5) is 4.39 Å². The van der Waals surface area contributed by atoms with Gasteiger partial charge >= 0.3 is 0 Å². The van der Waals surface area contributed by atoms with Gasteiger partial charge in [-0.3, -0.25) is 0 Å². The fraction of sp³-hybridized carbons (Fsp3) is 0.0667. The van der Waals surface area contributed by atoms with Gasteiger partial charge in [-0.25, -0.2) is 4.39 Å². The van der Waals surface area contributed by atoms with Crippen molar-refractivity contribution in [3.05, 3.63) is 59.2 Å². The third kappa shape index (κ3) is 2.53. The summed E-state index contributed by atoms with van der Waals surface area (Å²) in [7, 11) is 0. The summed E-state index contributed by atoms with van der Waals surface area (Å²) in [4.78, 5) is 0. The average Bonchev–Trinajstić information content (AvgIpc) is 2.78. The normalized spacial score (nSPS) is 10.8. The molecule has 0 unspecified atom stereocenters. The molecule has 0 aliphatic rings. The Morgan fingerprint density at radius 1 is 1.16 bits per heavy atom. The lowest BCUT2D eigenvalue weighted by atomic mass is 10.2. The number of phenolic OH excluding ortho intramolecular Hbond substituents is 1. The molecule has 2 nitrogen and oxygen atoms in total. The first-order valence-electron chi connectivity index (χ1n) is 5.80. The summed E-state index contributed by atoms with van der Waals surface area (Å²) in [6.07, 6.45) is 0. The van der Waals surface area contributed by atoms with Crippen LogP contribution >= 0.6 is 11.3 Å². The van der Waals surface area contributed by atoms with Crippen LogP contribution in [-0.4, -0.2) is 5.11 Å². The largest absolute Gasteiger partial charge is 0.508 e. The van der Waals surface area contributed by atoms with E-state index in [0.717, 1.165) is 15.6 Å². The van der Waals surface area contributed by atoms with Crippen molar-refractivity contribution in [1.82, 2.24) is 0 Å². The molecule has 0 saturated carbocycles. The van der Waals surface area contributed by atoms with Gasteiger partial charge in [0.05, 0.1) is 0 Å². The predicted molar refractivity (Wildman–Crippen MR) is 74.2 cm³/mol. The summed E-state index contributed by atoms with van der Waals surface area (Å²) < 4.78 is 19.6. The van der Waals surface area contributed by atoms with Crippen molar-refractivity contribution >= 4 is 21.4 Å². The van der Waals surface area contributed by atoms with Crippen molar-refractivity contribution < 1.29 is 14.2 Å². The topological polar surface area (TPSA) is 29.5 Å². The SMILES string of the molecule is Oc1ccc2c(COc3cccc(F)c3)csc2c1. The van der Waals surface area contributed by atoms with Crippen LogP contribution in [-0.2, 0) is 6.61 Å². The van der Waals surface area contributed by atoms with Gasteiger partial charge < -0.3 is 9.84 Å². The van der Waals surface area contributed by atoms with E-state index in [1.54, 1.807) is 35.6 Å². The molecule has 1 N–H and O–H groups in total. The number of thiophene rings is 1. The highest BCUT2D eigenvalue weighted by Crippen LogP contribution is 2.29. The van der Waals surface area contributed by atoms with E-state index < -0.39 is 0 Å². The number of rotatable bonds is 3. The minimum absolute atomic E-state index is 0.256. The number of halogens is 1. The van der Waals surface area contributed by atoms with Gasteiger partial charge in [-0.15, -0.1) is 11.3 Å². The predicted octanol–water partition coefficient (Wildman–Crippen LogP) is 4.33. The summed E-state index contributed by atoms with van der Waals surface area (Å²) >= 11 is 1.55. The minimum Gasteiger partial charge on any atom is -0.508 e. The second kappa shape index (κ2) is 4.90. The Kier molecular flexibility index (Phi) is 3.09. The molecular formula is C15H11FO2S. The van der Waals surface area contributed by atoms with Crippen LogP contribution < -0.4 is 4.74 Å². The van der Waals surface area contributed by atoms with Gasteiger partial charge in [-0.1, -0.05) is 6.07 Å². The van der Waals surface area contributed by atoms with Crippen molar-refractivity contribution in [2.24, 2.45) is 0 Å². The molecule has 0 aliphatic carbocycles. The second-order valence-corrected chi connectivity index (χ2v) is 5.10. The lowest BCUT2D eigenvalue weighted by molar-refractivity contribution is 0.306. The van der Waals surface area contributed by atoms with Crippen molar-refractivity contribution in [3.63, 3.8) is 0 Å². The van der Waals surface area contributed by atoms with Gasteiger partial charge in [-0.2, -0.15) is 0 Å². The van der Waals surface area contributed by atoms with E-state index in [2.05, 4.69) is 0 Å². The van der Waals surface area contributed by atoms with Crippen LogP contribution in [0, 0.1) is 5.82 Å². The monoisotopic (exact) mass is 274 g/mol. The second-order valence-electron chi connectivity index (χ2n) is 4.19. The van der Waals surface area contributed by atoms with E-state index >= 15 is 0 Å². The van der Waals surface area contributed by atoms with Gasteiger partial charge in [-0.05, 0) is 41.1 Å². The van der Waals surface area contributed by atoms with Gasteiger partial charge in [0.2, 0.25) is 0 Å². The third-order valence-electron chi connectivity index (χ3n) is 2.83. The smallest absolute Gasteiger partial charge is 0.126 e. The fourth-order valence-electron chi connectivity index (χ4n) is 1.90. The highest BCUT2D eigenvalue weighted by molar-refractivity contribution is 7.17. The molecule has 0 atom stereocenters. The first-order valence-corrected chi connectivity index (χ1v) is 6.68. The Morgan fingerprint density at radius 3 is 2.89 bits per heavy atom. The molecule has 0 amide bonds. The molecule has 4 heteroatoms. The standard InChI is InChI=1S/C15H11FO2S/c16-11-2-1-3-13(6-11)18-8-10-9-19-15-7-12(17)4-5-14(10)15/h1-7,9,17H,8H2. The number of ether oxygens (including phenoxy) is 1. The zero-order valence-electron chi connectivity index (χ0n) is 9.97. The number of phenols is 1. The maximum atomic E-state index is 13.0. The summed E-state index contributed by atoms with van der Waals surface area (Å²) in [5.41, 5.74) is 1.03. The van der Waals surface area contributed by atoms with Crippen LogP contribution in [0.5, 0.6) is 11.5 Å². The molecule has 96 valence electrons. The number of hydrogen-bond donors (Lipinski definition) is 1. The van der Waals surface area contributed by atoms with Gasteiger partial charge in [0, 0.05) is 16.3 Å². The van der Waals surface area contributed by atoms with E-state index in [9.17, 15) is 9.50 Å². The molecule has 3 rings (SSSR count). The molecule has 1 heterocycles. The first kappa shape index (κ1) is 12.0. The molecule has 1 aromatic heterocycles. The molecule has 0 radical (unpaired) electrons. The Bertz CT molecular complexity index is 721. The molecule has 0 aliphatic heterocycles. The van der Waals surface area contributed by atoms with Gasteiger partial charge in [0.15, 0.2) is 0 Å². The first-order chi connectivity index (χ1) is 9.22. The summed E-state index contributed by atoms with van der Waals surface area (Å²) in [5, 5.41) is 12.5. The van der Waals surface area contributed by atoms with E-state index in [1.165, 1.54) is 12.1 Å². The Labute approximate surface area is 113 Å². The zero-order valence-corrected chi connectivity index (χ0v) is 10.8. The molecule has 0 spiro atoms. The van der Waals surface area contributed by atoms with Crippen molar-refractivity contribution in [3.8, 4) is 11.5 Å². The van der Waals surface area contributed by atoms with Crippen molar-refractivity contribution in [2.75, 3.05) is 0 Å². The molecule has 0 bridgehead atoms. The van der Waals surface area contributed by atoms with Gasteiger partial charge in [0.25, 0.3) is 0 Å². The van der Waals surface area contributed by atoms with Crippen molar-refractivity contribution in [2.45, 2.75) is 6.61 Å². The highest BCUT2D eigenvalue weighted by Gasteiger charge is 2.06. The Hall–Kier alpha value is -2.07. The van der Waals surface area contributed by atoms with Crippen LogP contribution in [0.25, 0.3) is 10.1 Å². The molecule has 0 saturated heterocycles. The number of benzene rings is 2. The molecule has 0 fully saturated rings. The van der Waals surface area contributed by atoms with E-state index in [1.807, 2.05) is 11.4 Å². The Balaban J connectivity index is 1.82. The maximum absolute atomic E-state index is 13.0. The zero-order chi connectivity index (χ0) is 13.2. The molecule has 3 aromatic rings. The van der Waals surface area contributed by atoms with E-state index in [0.29, 0.717) is 12.4 Å². The van der Waals surface area contributed by atoms with E-state index in [4.69, 9.17) is 4.74 Å². The lowest BCUT2D eigenvalue weighted by Gasteiger charge is -2.05. The van der Waals surface area contributed by atoms with E-state index in [-0.39, 0.29) is 11.6 Å². The number of aromatic hydroxyl groups is 1. The number of fused-ring (bicyclic) bond motifs is 1. The quantitative estimate of drug-likeness (QED) is 0.770. The minimum atomic E-state index is -0.308. The average molecular weight is 274 g/mol. The maximum Gasteiger partial charge on any atom is 0.126 e. The Morgan fingerprint density at radius 2 is 2.05 bits per heavy atom. The van der Waals surface area contributed by atoms with Crippen LogP contribution in [0.2, 0.25) is 0 Å². The molecular weight excluding hydrogens is 263 g/mol. The van der Waals surface area contributed by atoms with Gasteiger partial charge in [0.1, 0.15) is 23.9 Å². The van der Waals surface area contributed by atoms with Crippen LogP contribution in [0.1, 0.15) is 5.56 Å². The lowest BCUT2D eigenvalue weighted by Crippen LogP contribution is -1.94. The van der Waals surface area contributed by atoms with Crippen molar-refractivity contribution in [1.29, 1.82) is 0 Å². The van der Waals surface area contributed by atoms with Crippen LogP contribution in [0.3, 0.4) is 0 Å². The highest BCUT2D eigenvalue weighted by atomic mass is 32.1. The third-order valence-corrected chi connectivity index (χ3v) is 3.82. The summed E-state index contributed by atoms with van der Waals surface area (Å²) in [6.45, 7) is 0.383. The molecule has 19 heavy (non-hydrogen) atoms. The summed E-state index contributed by atoms with van der Waals surface area (Å²) in [5.74, 6) is 0.461.